The van der Waals surface area contributed by atoms with Crippen LogP contribution in [0.3, 0.4) is 0 Å². The average Bonchev–Trinajstić information content (AvgIpc) is 2.49. The summed E-state index contributed by atoms with van der Waals surface area (Å²) in [5.41, 5.74) is 0.873. The number of allylic oxidation sites excluding steroid dienone is 2. The van der Waals surface area contributed by atoms with Crippen LogP contribution in [0.4, 0.5) is 0 Å². The smallest absolute Gasteiger partial charge is 0.282 e. The number of alkyl halides is 2. The largest absolute Gasteiger partial charge is 0.293 e. The fraction of sp³-hybridized carbons (Fsp3) is 0.375. The van der Waals surface area contributed by atoms with E-state index in [0.717, 1.165) is 0 Å². The fourth-order valence-electron chi connectivity index (χ4n) is 2.22. The van der Waals surface area contributed by atoms with E-state index in [2.05, 4.69) is 36.3 Å². The second kappa shape index (κ2) is 6.61. The summed E-state index contributed by atoms with van der Waals surface area (Å²) in [6.07, 6.45) is 1.58. The molecule has 23 heavy (non-hydrogen) atoms. The van der Waals surface area contributed by atoms with Crippen LogP contribution in [-0.4, -0.2) is 29.1 Å². The lowest BCUT2D eigenvalue weighted by Crippen LogP contribution is -2.47. The van der Waals surface area contributed by atoms with Crippen molar-refractivity contribution in [1.29, 1.82) is 0 Å². The van der Waals surface area contributed by atoms with E-state index in [0.29, 0.717) is 11.3 Å². The van der Waals surface area contributed by atoms with E-state index in [1.54, 1.807) is 31.2 Å². The summed E-state index contributed by atoms with van der Waals surface area (Å²) in [4.78, 5) is 12.0. The number of carbonyl (C=O) groups is 1. The molecule has 1 aromatic rings. The van der Waals surface area contributed by atoms with E-state index in [1.165, 1.54) is 12.1 Å². The molecule has 0 heterocycles. The van der Waals surface area contributed by atoms with Gasteiger partial charge >= 0.3 is 0 Å². The molecule has 1 aromatic carbocycles. The number of nitrogens with zero attached hydrogens (tertiary/aromatic N) is 1. The van der Waals surface area contributed by atoms with Gasteiger partial charge in [-0.15, -0.1) is 0 Å². The Balaban J connectivity index is 2.61. The van der Waals surface area contributed by atoms with Gasteiger partial charge in [-0.25, -0.2) is 0 Å². The van der Waals surface area contributed by atoms with E-state index in [9.17, 15) is 13.2 Å². The number of rotatable bonds is 3. The topological polar surface area (TPSA) is 63.6 Å². The van der Waals surface area contributed by atoms with Gasteiger partial charge in [0.1, 0.15) is 0 Å². The maximum atomic E-state index is 12.5. The van der Waals surface area contributed by atoms with Crippen LogP contribution in [0.15, 0.2) is 51.3 Å². The predicted molar refractivity (Wildman–Crippen MR) is 99.0 cm³/mol. The monoisotopic (exact) mass is 461 g/mol. The van der Waals surface area contributed by atoms with E-state index >= 15 is 0 Å². The highest BCUT2D eigenvalue weighted by Crippen LogP contribution is 2.38. The highest BCUT2D eigenvalue weighted by atomic mass is 79.9. The molecule has 0 fully saturated rings. The van der Waals surface area contributed by atoms with Gasteiger partial charge in [0.15, 0.2) is 5.78 Å². The van der Waals surface area contributed by atoms with Gasteiger partial charge in [0.2, 0.25) is 0 Å². The first-order chi connectivity index (χ1) is 10.6. The Morgan fingerprint density at radius 1 is 1.22 bits per heavy atom. The number of sulfonamides is 1. The molecule has 0 aliphatic heterocycles. The van der Waals surface area contributed by atoms with Gasteiger partial charge in [-0.3, -0.25) is 4.79 Å². The minimum absolute atomic E-state index is 0.0178. The van der Waals surface area contributed by atoms with Crippen LogP contribution >= 0.6 is 31.9 Å². The molecule has 0 radical (unpaired) electrons. The second-order valence-corrected chi connectivity index (χ2v) is 9.99. The molecule has 0 saturated heterocycles. The summed E-state index contributed by atoms with van der Waals surface area (Å²) in [5, 5.41) is 0. The third kappa shape index (κ3) is 3.67. The zero-order valence-corrected chi connectivity index (χ0v) is 16.9. The number of carbonyl (C=O) groups excluding carboxylic acids is 1. The number of ketones is 1. The van der Waals surface area contributed by atoms with E-state index in [4.69, 9.17) is 0 Å². The molecule has 0 spiro atoms. The Bertz CT molecular complexity index is 781. The maximum absolute atomic E-state index is 12.5. The highest BCUT2D eigenvalue weighted by molar-refractivity contribution is 9.13. The number of hydrogen-bond acceptors (Lipinski definition) is 3. The van der Waals surface area contributed by atoms with Crippen molar-refractivity contribution in [3.8, 4) is 0 Å². The lowest BCUT2D eigenvalue weighted by Gasteiger charge is -2.33. The van der Waals surface area contributed by atoms with Crippen molar-refractivity contribution >= 4 is 53.4 Å². The zero-order chi connectivity index (χ0) is 17.4. The molecule has 4 nitrogen and oxygen atoms in total. The van der Waals surface area contributed by atoms with Crippen LogP contribution < -0.4 is 0 Å². The Hall–Kier alpha value is -0.790. The molecule has 2 rings (SSSR count). The van der Waals surface area contributed by atoms with Crippen molar-refractivity contribution < 1.29 is 13.2 Å². The molecule has 0 saturated carbocycles. The molecule has 2 atom stereocenters. The number of benzene rings is 1. The normalized spacial score (nSPS) is 27.4. The van der Waals surface area contributed by atoms with E-state index in [-0.39, 0.29) is 16.6 Å². The van der Waals surface area contributed by atoms with Crippen LogP contribution in [0.25, 0.3) is 0 Å². The predicted octanol–water partition coefficient (Wildman–Crippen LogP) is 3.90. The highest BCUT2D eigenvalue weighted by Gasteiger charge is 2.45. The zero-order valence-electron chi connectivity index (χ0n) is 13.0. The number of halogens is 2. The molecular formula is C16H17Br2NO3S. The molecular weight excluding hydrogens is 446 g/mol. The van der Waals surface area contributed by atoms with Gasteiger partial charge in [0, 0.05) is 5.57 Å². The molecule has 124 valence electrons. The number of hydrogen-bond donors (Lipinski definition) is 0. The standard InChI is InChI=1S/C16H17Br2NO3S/c1-10(2)12-9-13(16(3,18)15(17)14(12)20)19-23(21,22)11-7-5-4-6-8-11/h4-10,15H,1-3H3/b19-13+. The Morgan fingerprint density at radius 2 is 1.78 bits per heavy atom. The van der Waals surface area contributed by atoms with Gasteiger partial charge in [-0.2, -0.15) is 12.8 Å². The van der Waals surface area contributed by atoms with Crippen LogP contribution in [0.1, 0.15) is 20.8 Å². The van der Waals surface area contributed by atoms with Crippen molar-refractivity contribution in [2.24, 2.45) is 10.3 Å². The number of Topliss-reactive ketones (excluding diaryl/α,β-unsaturated/α-hetero) is 1. The van der Waals surface area contributed by atoms with Crippen molar-refractivity contribution in [2.75, 3.05) is 0 Å². The van der Waals surface area contributed by atoms with Crippen LogP contribution in [0.2, 0.25) is 0 Å². The molecule has 0 amide bonds. The van der Waals surface area contributed by atoms with Gasteiger partial charge in [-0.05, 0) is 31.1 Å². The van der Waals surface area contributed by atoms with Crippen molar-refractivity contribution in [1.82, 2.24) is 0 Å². The Morgan fingerprint density at radius 3 is 2.30 bits per heavy atom. The lowest BCUT2D eigenvalue weighted by atomic mass is 9.83. The molecule has 7 heteroatoms. The third-order valence-electron chi connectivity index (χ3n) is 3.67. The summed E-state index contributed by atoms with van der Waals surface area (Å²) in [6, 6.07) is 8.03. The first kappa shape index (κ1) is 18.5. The first-order valence-electron chi connectivity index (χ1n) is 7.06. The summed E-state index contributed by atoms with van der Waals surface area (Å²) in [5.74, 6) is -0.0776. The molecule has 1 aliphatic rings. The minimum atomic E-state index is -3.84. The molecule has 2 unspecified atom stereocenters. The second-order valence-electron chi connectivity index (χ2n) is 5.82. The summed E-state index contributed by atoms with van der Waals surface area (Å²) < 4.78 is 28.1. The van der Waals surface area contributed by atoms with Crippen LogP contribution in [-0.2, 0) is 14.8 Å². The Labute approximate surface area is 153 Å². The third-order valence-corrected chi connectivity index (χ3v) is 7.78. The SMILES string of the molecule is CC(C)C1=C/C(=N\S(=O)(=O)c2ccccc2)C(C)(Br)C(Br)C1=O. The van der Waals surface area contributed by atoms with Crippen molar-refractivity contribution in [3.63, 3.8) is 0 Å². The molecule has 0 bridgehead atoms. The van der Waals surface area contributed by atoms with E-state index < -0.39 is 19.2 Å². The maximum Gasteiger partial charge on any atom is 0.282 e. The summed E-state index contributed by atoms with van der Waals surface area (Å²) in [7, 11) is -3.84. The first-order valence-corrected chi connectivity index (χ1v) is 10.2. The fourth-order valence-corrected chi connectivity index (χ4v) is 4.36. The Kier molecular flexibility index (Phi) is 5.33. The van der Waals surface area contributed by atoms with Gasteiger partial charge in [0.05, 0.1) is 19.8 Å². The summed E-state index contributed by atoms with van der Waals surface area (Å²) in [6.45, 7) is 5.52. The van der Waals surface area contributed by atoms with Gasteiger partial charge in [-0.1, -0.05) is 63.9 Å². The van der Waals surface area contributed by atoms with E-state index in [1.807, 2.05) is 13.8 Å². The minimum Gasteiger partial charge on any atom is -0.293 e. The lowest BCUT2D eigenvalue weighted by molar-refractivity contribution is -0.115. The van der Waals surface area contributed by atoms with Crippen LogP contribution in [0.5, 0.6) is 0 Å². The van der Waals surface area contributed by atoms with Crippen molar-refractivity contribution in [2.45, 2.75) is 34.8 Å². The molecule has 1 aliphatic carbocycles. The molecule has 0 aromatic heterocycles. The van der Waals surface area contributed by atoms with Crippen LogP contribution in [0, 0.1) is 5.92 Å². The quantitative estimate of drug-likeness (QED) is 0.640. The average molecular weight is 463 g/mol. The molecule has 0 N–H and O–H groups in total. The van der Waals surface area contributed by atoms with Gasteiger partial charge < -0.3 is 0 Å². The van der Waals surface area contributed by atoms with Crippen molar-refractivity contribution in [3.05, 3.63) is 42.0 Å². The summed E-state index contributed by atoms with van der Waals surface area (Å²) >= 11 is 6.83. The van der Waals surface area contributed by atoms with Gasteiger partial charge in [0.25, 0.3) is 10.0 Å².